The molecular weight excluding hydrogens is 689 g/mol. The van der Waals surface area contributed by atoms with Gasteiger partial charge in [0, 0.05) is 12.8 Å². The first-order valence-corrected chi connectivity index (χ1v) is 22.8. The van der Waals surface area contributed by atoms with Gasteiger partial charge < -0.3 is 24.8 Å². The molecule has 320 valence electrons. The maximum atomic E-state index is 12.0. The zero-order valence-corrected chi connectivity index (χ0v) is 35.8. The van der Waals surface area contributed by atoms with E-state index >= 15 is 0 Å². The Hall–Kier alpha value is -2.22. The largest absolute Gasteiger partial charge is 0.463 e. The summed E-state index contributed by atoms with van der Waals surface area (Å²) in [4.78, 5) is 24.0. The molecule has 0 aromatic carbocycles. The van der Waals surface area contributed by atoms with Gasteiger partial charge in [0.1, 0.15) is 19.3 Å². The molecule has 0 aliphatic heterocycles. The highest BCUT2D eigenvalue weighted by atomic mass is 16.6. The summed E-state index contributed by atoms with van der Waals surface area (Å²) in [5, 5.41) is 30.1. The third kappa shape index (κ3) is 41.2. The number of allylic oxidation sites excluding steroid dienone is 5. The molecule has 3 N–H and O–H groups in total. The van der Waals surface area contributed by atoms with E-state index in [1.54, 1.807) is 36.5 Å². The van der Waals surface area contributed by atoms with Crippen LogP contribution in [0.5, 0.6) is 0 Å². The van der Waals surface area contributed by atoms with E-state index in [1.807, 2.05) is 6.08 Å². The van der Waals surface area contributed by atoms with E-state index in [4.69, 9.17) is 9.47 Å². The molecule has 7 nitrogen and oxygen atoms in total. The smallest absolute Gasteiger partial charge is 0.305 e. The van der Waals surface area contributed by atoms with Crippen LogP contribution in [0.15, 0.2) is 48.6 Å². The van der Waals surface area contributed by atoms with E-state index in [-0.39, 0.29) is 25.6 Å². The first-order chi connectivity index (χ1) is 26.8. The Balaban J connectivity index is 3.60. The van der Waals surface area contributed by atoms with Crippen LogP contribution >= 0.6 is 0 Å². The SMILES string of the molecule is CCCCC/C=C\C[C@@H](O)/C=C/C=C/C=C\[C@@H](O)CCCC(=O)OC[C@@H](O)COC(=O)CCCCCCCCCCCCCCCCCCCCC(C)CC. The van der Waals surface area contributed by atoms with Crippen LogP contribution in [0.3, 0.4) is 0 Å². The number of ether oxygens (including phenoxy) is 2. The lowest BCUT2D eigenvalue weighted by Gasteiger charge is -2.12. The van der Waals surface area contributed by atoms with Crippen molar-refractivity contribution in [3.05, 3.63) is 48.6 Å². The highest BCUT2D eigenvalue weighted by Crippen LogP contribution is 2.17. The third-order valence-electron chi connectivity index (χ3n) is 10.3. The standard InChI is InChI=1S/C48H86O7/c1-4-6-7-8-24-29-35-44(49)36-30-26-27-31-37-45(50)38-33-40-48(53)55-42-46(51)41-54-47(52)39-32-25-22-20-18-16-14-12-10-9-11-13-15-17-19-21-23-28-34-43(3)5-2/h24,26-27,29-31,36-37,43-46,49-51H,4-23,25,28,32-35,38-42H2,1-3H3/b27-26+,29-24-,36-30+,37-31-/t43?,44-,45-,46+/m1/s1. The van der Waals surface area contributed by atoms with Gasteiger partial charge >= 0.3 is 11.9 Å². The number of unbranched alkanes of at least 4 members (excludes halogenated alkanes) is 20. The van der Waals surface area contributed by atoms with Gasteiger partial charge in [0.25, 0.3) is 0 Å². The minimum atomic E-state index is -1.06. The van der Waals surface area contributed by atoms with Gasteiger partial charge in [-0.1, -0.05) is 204 Å². The second kappa shape index (κ2) is 41.4. The van der Waals surface area contributed by atoms with Gasteiger partial charge in [-0.2, -0.15) is 0 Å². The number of rotatable bonds is 40. The van der Waals surface area contributed by atoms with Crippen molar-refractivity contribution in [1.29, 1.82) is 0 Å². The third-order valence-corrected chi connectivity index (χ3v) is 10.3. The van der Waals surface area contributed by atoms with Gasteiger partial charge in [-0.15, -0.1) is 0 Å². The molecule has 55 heavy (non-hydrogen) atoms. The molecule has 7 heteroatoms. The number of hydrogen-bond acceptors (Lipinski definition) is 7. The van der Waals surface area contributed by atoms with Crippen molar-refractivity contribution in [2.24, 2.45) is 5.92 Å². The predicted octanol–water partition coefficient (Wildman–Crippen LogP) is 12.4. The van der Waals surface area contributed by atoms with Crippen molar-refractivity contribution < 1.29 is 34.4 Å². The Morgan fingerprint density at radius 2 is 0.964 bits per heavy atom. The second-order valence-corrected chi connectivity index (χ2v) is 15.8. The quantitative estimate of drug-likeness (QED) is 0.0246. The average Bonchev–Trinajstić information content (AvgIpc) is 3.17. The Kier molecular flexibility index (Phi) is 39.7. The predicted molar refractivity (Wildman–Crippen MR) is 231 cm³/mol. The van der Waals surface area contributed by atoms with Crippen LogP contribution < -0.4 is 0 Å². The van der Waals surface area contributed by atoms with E-state index in [0.717, 1.165) is 31.6 Å². The van der Waals surface area contributed by atoms with Gasteiger partial charge in [-0.3, -0.25) is 9.59 Å². The molecular formula is C48H86O7. The Bertz CT molecular complexity index is 971. The summed E-state index contributed by atoms with van der Waals surface area (Å²) in [7, 11) is 0. The number of hydrogen-bond donors (Lipinski definition) is 3. The highest BCUT2D eigenvalue weighted by molar-refractivity contribution is 5.69. The van der Waals surface area contributed by atoms with Gasteiger partial charge in [0.2, 0.25) is 0 Å². The molecule has 0 fully saturated rings. The van der Waals surface area contributed by atoms with Gasteiger partial charge in [-0.05, 0) is 44.4 Å². The van der Waals surface area contributed by atoms with Gasteiger partial charge in [-0.25, -0.2) is 0 Å². The Morgan fingerprint density at radius 3 is 1.45 bits per heavy atom. The average molecular weight is 775 g/mol. The molecule has 0 amide bonds. The maximum absolute atomic E-state index is 12.0. The lowest BCUT2D eigenvalue weighted by Crippen LogP contribution is -2.25. The van der Waals surface area contributed by atoms with E-state index in [0.29, 0.717) is 25.7 Å². The fraction of sp³-hybridized carbons (Fsp3) is 0.792. The summed E-state index contributed by atoms with van der Waals surface area (Å²) >= 11 is 0. The summed E-state index contributed by atoms with van der Waals surface area (Å²) in [6.45, 7) is 6.44. The zero-order valence-electron chi connectivity index (χ0n) is 35.8. The van der Waals surface area contributed by atoms with Crippen LogP contribution in [0.2, 0.25) is 0 Å². The number of aliphatic hydroxyl groups excluding tert-OH is 3. The molecule has 0 radical (unpaired) electrons. The lowest BCUT2D eigenvalue weighted by atomic mass is 9.99. The molecule has 0 heterocycles. The van der Waals surface area contributed by atoms with Crippen LogP contribution in [-0.2, 0) is 19.1 Å². The molecule has 1 unspecified atom stereocenters. The van der Waals surface area contributed by atoms with Crippen molar-refractivity contribution in [2.45, 2.75) is 225 Å². The van der Waals surface area contributed by atoms with Crippen molar-refractivity contribution >= 4 is 11.9 Å². The molecule has 0 rings (SSSR count). The van der Waals surface area contributed by atoms with E-state index in [9.17, 15) is 24.9 Å². The Labute approximate surface area is 338 Å². The summed E-state index contributed by atoms with van der Waals surface area (Å²) in [6.07, 6.45) is 45.2. The van der Waals surface area contributed by atoms with Crippen molar-refractivity contribution in [2.75, 3.05) is 13.2 Å². The van der Waals surface area contributed by atoms with Crippen LogP contribution in [0.1, 0.15) is 207 Å². The minimum Gasteiger partial charge on any atom is -0.463 e. The maximum Gasteiger partial charge on any atom is 0.305 e. The molecule has 0 spiro atoms. The molecule has 0 aliphatic rings. The second-order valence-electron chi connectivity index (χ2n) is 15.8. The van der Waals surface area contributed by atoms with Crippen molar-refractivity contribution in [3.8, 4) is 0 Å². The van der Waals surface area contributed by atoms with Crippen LogP contribution in [-0.4, -0.2) is 58.8 Å². The summed E-state index contributed by atoms with van der Waals surface area (Å²) < 4.78 is 10.2. The van der Waals surface area contributed by atoms with Gasteiger partial charge in [0.05, 0.1) is 12.2 Å². The van der Waals surface area contributed by atoms with Crippen molar-refractivity contribution in [3.63, 3.8) is 0 Å². The highest BCUT2D eigenvalue weighted by Gasteiger charge is 2.12. The number of esters is 2. The number of carbonyl (C=O) groups excluding carboxylic acids is 2. The lowest BCUT2D eigenvalue weighted by molar-refractivity contribution is -0.152. The first kappa shape index (κ1) is 52.8. The molecule has 0 saturated carbocycles. The summed E-state index contributed by atoms with van der Waals surface area (Å²) in [5.74, 6) is 0.114. The summed E-state index contributed by atoms with van der Waals surface area (Å²) in [5.41, 5.74) is 0. The number of aliphatic hydroxyl groups is 3. The molecule has 0 aromatic rings. The Morgan fingerprint density at radius 1 is 0.509 bits per heavy atom. The normalized spacial score (nSPS) is 14.4. The monoisotopic (exact) mass is 775 g/mol. The summed E-state index contributed by atoms with van der Waals surface area (Å²) in [6, 6.07) is 0. The minimum absolute atomic E-state index is 0.125. The van der Waals surface area contributed by atoms with Crippen LogP contribution in [0.4, 0.5) is 0 Å². The van der Waals surface area contributed by atoms with E-state index in [2.05, 4.69) is 26.8 Å². The number of carbonyl (C=O) groups is 2. The van der Waals surface area contributed by atoms with Crippen LogP contribution in [0, 0.1) is 5.92 Å². The van der Waals surface area contributed by atoms with Crippen LogP contribution in [0.25, 0.3) is 0 Å². The van der Waals surface area contributed by atoms with E-state index in [1.165, 1.54) is 128 Å². The van der Waals surface area contributed by atoms with Crippen molar-refractivity contribution in [1.82, 2.24) is 0 Å². The fourth-order valence-electron chi connectivity index (χ4n) is 6.37. The molecule has 0 saturated heterocycles. The fourth-order valence-corrected chi connectivity index (χ4v) is 6.37. The zero-order chi connectivity index (χ0) is 40.5. The molecule has 4 atom stereocenters. The molecule has 0 bridgehead atoms. The molecule has 0 aliphatic carbocycles. The van der Waals surface area contributed by atoms with E-state index < -0.39 is 24.3 Å². The topological polar surface area (TPSA) is 113 Å². The molecule has 0 aromatic heterocycles. The first-order valence-electron chi connectivity index (χ1n) is 22.8. The van der Waals surface area contributed by atoms with Gasteiger partial charge in [0.15, 0.2) is 0 Å².